The molecule has 0 radical (unpaired) electrons. The summed E-state index contributed by atoms with van der Waals surface area (Å²) < 4.78 is 16.9. The fourth-order valence-corrected chi connectivity index (χ4v) is 1.21. The standard InChI is InChI=1S/C7H13FO/c1-6-4-9-5-7(6)2-3-8/h6-7H,2-5H2,1H3. The smallest absolute Gasteiger partial charge is 0.0898 e. The van der Waals surface area contributed by atoms with Crippen LogP contribution in [0.25, 0.3) is 0 Å². The van der Waals surface area contributed by atoms with Gasteiger partial charge in [0.1, 0.15) is 0 Å². The molecule has 2 heteroatoms. The predicted octanol–water partition coefficient (Wildman–Crippen LogP) is 1.63. The first-order valence-electron chi connectivity index (χ1n) is 3.48. The number of rotatable bonds is 2. The number of alkyl halides is 1. The van der Waals surface area contributed by atoms with E-state index in [-0.39, 0.29) is 6.67 Å². The molecule has 1 saturated heterocycles. The van der Waals surface area contributed by atoms with E-state index < -0.39 is 0 Å². The Morgan fingerprint density at radius 3 is 2.78 bits per heavy atom. The minimum absolute atomic E-state index is 0.196. The highest BCUT2D eigenvalue weighted by Gasteiger charge is 2.23. The lowest BCUT2D eigenvalue weighted by atomic mass is 9.96. The first-order chi connectivity index (χ1) is 4.34. The van der Waals surface area contributed by atoms with Gasteiger partial charge in [-0.25, -0.2) is 0 Å². The van der Waals surface area contributed by atoms with Gasteiger partial charge in [-0.05, 0) is 18.3 Å². The van der Waals surface area contributed by atoms with Crippen molar-refractivity contribution in [3.63, 3.8) is 0 Å². The van der Waals surface area contributed by atoms with Crippen LogP contribution >= 0.6 is 0 Å². The number of ether oxygens (including phenoxy) is 1. The summed E-state index contributed by atoms with van der Waals surface area (Å²) in [7, 11) is 0. The lowest BCUT2D eigenvalue weighted by Gasteiger charge is -2.08. The second kappa shape index (κ2) is 3.16. The van der Waals surface area contributed by atoms with E-state index in [1.807, 2.05) is 0 Å². The van der Waals surface area contributed by atoms with Crippen molar-refractivity contribution in [2.75, 3.05) is 19.9 Å². The van der Waals surface area contributed by atoms with Gasteiger partial charge in [0, 0.05) is 13.2 Å². The summed E-state index contributed by atoms with van der Waals surface area (Å²) in [5, 5.41) is 0. The third-order valence-electron chi connectivity index (χ3n) is 2.00. The zero-order valence-corrected chi connectivity index (χ0v) is 5.77. The average Bonchev–Trinajstić information content (AvgIpc) is 2.18. The van der Waals surface area contributed by atoms with Gasteiger partial charge in [0.25, 0.3) is 0 Å². The van der Waals surface area contributed by atoms with Crippen LogP contribution in [0, 0.1) is 11.8 Å². The molecule has 0 aromatic heterocycles. The maximum absolute atomic E-state index is 11.8. The Hall–Kier alpha value is -0.110. The Labute approximate surface area is 55.2 Å². The Balaban J connectivity index is 2.22. The summed E-state index contributed by atoms with van der Waals surface area (Å²) >= 11 is 0. The molecule has 9 heavy (non-hydrogen) atoms. The second-order valence-electron chi connectivity index (χ2n) is 2.75. The van der Waals surface area contributed by atoms with Crippen LogP contribution in [0.2, 0.25) is 0 Å². The molecule has 54 valence electrons. The highest BCUT2D eigenvalue weighted by Crippen LogP contribution is 2.22. The van der Waals surface area contributed by atoms with E-state index in [0.717, 1.165) is 13.2 Å². The Bertz CT molecular complexity index is 85.0. The summed E-state index contributed by atoms with van der Waals surface area (Å²) in [6.07, 6.45) is 0.682. The van der Waals surface area contributed by atoms with Crippen LogP contribution in [0.4, 0.5) is 4.39 Å². The van der Waals surface area contributed by atoms with E-state index in [2.05, 4.69) is 6.92 Å². The maximum atomic E-state index is 11.8. The molecule has 0 amide bonds. The summed E-state index contributed by atoms with van der Waals surface area (Å²) in [5.41, 5.74) is 0. The van der Waals surface area contributed by atoms with Crippen LogP contribution in [-0.4, -0.2) is 19.9 Å². The van der Waals surface area contributed by atoms with E-state index in [9.17, 15) is 4.39 Å². The molecule has 0 aliphatic carbocycles. The van der Waals surface area contributed by atoms with Crippen molar-refractivity contribution in [3.8, 4) is 0 Å². The average molecular weight is 132 g/mol. The molecule has 0 saturated carbocycles. The summed E-state index contributed by atoms with van der Waals surface area (Å²) in [6, 6.07) is 0. The molecule has 1 fully saturated rings. The zero-order valence-electron chi connectivity index (χ0n) is 5.77. The Morgan fingerprint density at radius 2 is 2.33 bits per heavy atom. The highest BCUT2D eigenvalue weighted by molar-refractivity contribution is 4.70. The van der Waals surface area contributed by atoms with Crippen LogP contribution in [0.3, 0.4) is 0 Å². The first kappa shape index (κ1) is 7.00. The molecule has 1 aliphatic heterocycles. The number of halogens is 1. The second-order valence-corrected chi connectivity index (χ2v) is 2.75. The molecule has 2 unspecified atom stereocenters. The van der Waals surface area contributed by atoms with Gasteiger partial charge in [-0.15, -0.1) is 0 Å². The van der Waals surface area contributed by atoms with Gasteiger partial charge in [-0.1, -0.05) is 6.92 Å². The van der Waals surface area contributed by atoms with Crippen LogP contribution in [0.5, 0.6) is 0 Å². The van der Waals surface area contributed by atoms with E-state index in [1.165, 1.54) is 0 Å². The lowest BCUT2D eigenvalue weighted by molar-refractivity contribution is 0.179. The molecule has 0 bridgehead atoms. The third kappa shape index (κ3) is 1.65. The van der Waals surface area contributed by atoms with Gasteiger partial charge in [-0.3, -0.25) is 4.39 Å². The van der Waals surface area contributed by atoms with Gasteiger partial charge in [-0.2, -0.15) is 0 Å². The predicted molar refractivity (Wildman–Crippen MR) is 34.1 cm³/mol. The van der Waals surface area contributed by atoms with Crippen molar-refractivity contribution in [1.29, 1.82) is 0 Å². The molecule has 0 aromatic rings. The molecule has 1 aliphatic rings. The largest absolute Gasteiger partial charge is 0.381 e. The lowest BCUT2D eigenvalue weighted by Crippen LogP contribution is -2.08. The minimum atomic E-state index is -0.196. The number of hydrogen-bond donors (Lipinski definition) is 0. The zero-order chi connectivity index (χ0) is 6.69. The normalized spacial score (nSPS) is 35.3. The molecule has 1 heterocycles. The van der Waals surface area contributed by atoms with Gasteiger partial charge in [0.05, 0.1) is 6.67 Å². The minimum Gasteiger partial charge on any atom is -0.381 e. The molecule has 0 N–H and O–H groups in total. The summed E-state index contributed by atoms with van der Waals surface area (Å²) in [6.45, 7) is 3.52. The van der Waals surface area contributed by atoms with Crippen molar-refractivity contribution in [1.82, 2.24) is 0 Å². The van der Waals surface area contributed by atoms with Gasteiger partial charge < -0.3 is 4.74 Å². The van der Waals surface area contributed by atoms with Gasteiger partial charge >= 0.3 is 0 Å². The molecule has 0 aromatic carbocycles. The first-order valence-corrected chi connectivity index (χ1v) is 3.48. The van der Waals surface area contributed by atoms with Crippen LogP contribution in [0.1, 0.15) is 13.3 Å². The van der Waals surface area contributed by atoms with Crippen LogP contribution in [0.15, 0.2) is 0 Å². The van der Waals surface area contributed by atoms with Crippen LogP contribution in [-0.2, 0) is 4.74 Å². The Morgan fingerprint density at radius 1 is 1.56 bits per heavy atom. The van der Waals surface area contributed by atoms with E-state index in [4.69, 9.17) is 4.74 Å². The van der Waals surface area contributed by atoms with Gasteiger partial charge in [0.15, 0.2) is 0 Å². The maximum Gasteiger partial charge on any atom is 0.0898 e. The highest BCUT2D eigenvalue weighted by atomic mass is 19.1. The quantitative estimate of drug-likeness (QED) is 0.555. The van der Waals surface area contributed by atoms with Crippen molar-refractivity contribution in [2.24, 2.45) is 11.8 Å². The fraction of sp³-hybridized carbons (Fsp3) is 1.00. The molecule has 2 atom stereocenters. The van der Waals surface area contributed by atoms with Crippen molar-refractivity contribution >= 4 is 0 Å². The summed E-state index contributed by atoms with van der Waals surface area (Å²) in [4.78, 5) is 0. The van der Waals surface area contributed by atoms with E-state index in [1.54, 1.807) is 0 Å². The summed E-state index contributed by atoms with van der Waals surface area (Å²) in [5.74, 6) is 1.05. The van der Waals surface area contributed by atoms with E-state index >= 15 is 0 Å². The molecular formula is C7H13FO. The van der Waals surface area contributed by atoms with E-state index in [0.29, 0.717) is 18.3 Å². The monoisotopic (exact) mass is 132 g/mol. The molecule has 1 nitrogen and oxygen atoms in total. The van der Waals surface area contributed by atoms with Crippen molar-refractivity contribution in [2.45, 2.75) is 13.3 Å². The number of hydrogen-bond acceptors (Lipinski definition) is 1. The van der Waals surface area contributed by atoms with Crippen molar-refractivity contribution in [3.05, 3.63) is 0 Å². The molecule has 0 spiro atoms. The SMILES string of the molecule is CC1COCC1CCF. The topological polar surface area (TPSA) is 9.23 Å². The molecule has 1 rings (SSSR count). The van der Waals surface area contributed by atoms with Crippen molar-refractivity contribution < 1.29 is 9.13 Å². The fourth-order valence-electron chi connectivity index (χ4n) is 1.21. The third-order valence-corrected chi connectivity index (χ3v) is 2.00. The van der Waals surface area contributed by atoms with Crippen LogP contribution < -0.4 is 0 Å². The Kier molecular flexibility index (Phi) is 2.46. The van der Waals surface area contributed by atoms with Gasteiger partial charge in [0.2, 0.25) is 0 Å². The molecular weight excluding hydrogens is 119 g/mol.